The van der Waals surface area contributed by atoms with E-state index < -0.39 is 0 Å². The summed E-state index contributed by atoms with van der Waals surface area (Å²) in [5, 5.41) is 2.65. The van der Waals surface area contributed by atoms with E-state index in [2.05, 4.69) is 49.4 Å². The van der Waals surface area contributed by atoms with Gasteiger partial charge in [0.05, 0.1) is 0 Å². The lowest BCUT2D eigenvalue weighted by molar-refractivity contribution is 0.788. The molecule has 0 aromatic heterocycles. The molecule has 2 aromatic rings. The van der Waals surface area contributed by atoms with Gasteiger partial charge in [-0.2, -0.15) is 0 Å². The summed E-state index contributed by atoms with van der Waals surface area (Å²) in [6.45, 7) is 7.70. The van der Waals surface area contributed by atoms with Crippen LogP contribution in [0.5, 0.6) is 0 Å². The van der Waals surface area contributed by atoms with E-state index in [0.717, 1.165) is 6.42 Å². The van der Waals surface area contributed by atoms with Crippen molar-refractivity contribution in [3.05, 3.63) is 60.7 Å². The molecule has 0 aliphatic heterocycles. The van der Waals surface area contributed by atoms with E-state index in [1.54, 1.807) is 6.08 Å². The molecule has 15 heavy (non-hydrogen) atoms. The Kier molecular flexibility index (Phi) is 2.86. The largest absolute Gasteiger partial charge is 0.0840 e. The normalized spacial score (nSPS) is 12.6. The van der Waals surface area contributed by atoms with Crippen LogP contribution in [0, 0.1) is 6.58 Å². The van der Waals surface area contributed by atoms with Crippen LogP contribution in [0.3, 0.4) is 0 Å². The molecular formula is C15H15. The summed E-state index contributed by atoms with van der Waals surface area (Å²) < 4.78 is 0. The second kappa shape index (κ2) is 4.31. The van der Waals surface area contributed by atoms with Gasteiger partial charge in [0.25, 0.3) is 0 Å². The third-order valence-electron chi connectivity index (χ3n) is 2.84. The Morgan fingerprint density at radius 2 is 1.87 bits per heavy atom. The van der Waals surface area contributed by atoms with Crippen LogP contribution in [0.25, 0.3) is 10.8 Å². The summed E-state index contributed by atoms with van der Waals surface area (Å²) in [6.07, 6.45) is 2.67. The van der Waals surface area contributed by atoms with Gasteiger partial charge in [-0.1, -0.05) is 62.0 Å². The van der Waals surface area contributed by atoms with Gasteiger partial charge in [0, 0.05) is 0 Å². The van der Waals surface area contributed by atoms with Gasteiger partial charge in [0.2, 0.25) is 0 Å². The second-order valence-electron chi connectivity index (χ2n) is 3.94. The Balaban J connectivity index is 2.55. The van der Waals surface area contributed by atoms with Crippen LogP contribution in [0.2, 0.25) is 0 Å². The molecule has 0 aliphatic rings. The predicted octanol–water partition coefficient (Wildman–Crippen LogP) is 4.32. The van der Waals surface area contributed by atoms with Crippen LogP contribution in [-0.2, 0) is 0 Å². The first kappa shape index (κ1) is 9.97. The van der Waals surface area contributed by atoms with Gasteiger partial charge in [-0.25, -0.2) is 0 Å². The summed E-state index contributed by atoms with van der Waals surface area (Å²) in [6, 6.07) is 14.9. The number of hydrogen-bond acceptors (Lipinski definition) is 0. The maximum absolute atomic E-state index is 5.49. The van der Waals surface area contributed by atoms with Gasteiger partial charge in [0.15, 0.2) is 0 Å². The van der Waals surface area contributed by atoms with Crippen molar-refractivity contribution >= 4 is 10.8 Å². The molecule has 0 bridgehead atoms. The van der Waals surface area contributed by atoms with Crippen LogP contribution >= 0.6 is 0 Å². The first-order valence-corrected chi connectivity index (χ1v) is 5.34. The average Bonchev–Trinajstić information content (AvgIpc) is 2.28. The van der Waals surface area contributed by atoms with E-state index in [1.807, 2.05) is 0 Å². The minimum atomic E-state index is 0.487. The summed E-state index contributed by atoms with van der Waals surface area (Å²) in [5.41, 5.74) is 1.38. The third-order valence-corrected chi connectivity index (χ3v) is 2.84. The van der Waals surface area contributed by atoms with E-state index in [1.165, 1.54) is 16.3 Å². The predicted molar refractivity (Wildman–Crippen MR) is 65.9 cm³/mol. The smallest absolute Gasteiger partial charge is 0.0149 e. The SMILES string of the molecule is [CH]=CCC(C)c1cccc2ccccc12. The van der Waals surface area contributed by atoms with E-state index >= 15 is 0 Å². The Bertz CT molecular complexity index is 463. The standard InChI is InChI=1S/C15H15/c1-3-7-12(2)14-11-6-9-13-8-4-5-10-15(13)14/h1,3-6,8-12H,7H2,2H3. The number of hydrogen-bond donors (Lipinski definition) is 0. The van der Waals surface area contributed by atoms with Crippen molar-refractivity contribution < 1.29 is 0 Å². The molecule has 0 amide bonds. The molecule has 1 atom stereocenters. The van der Waals surface area contributed by atoms with E-state index in [0.29, 0.717) is 5.92 Å². The van der Waals surface area contributed by atoms with E-state index in [9.17, 15) is 0 Å². The molecule has 0 heterocycles. The summed E-state index contributed by atoms with van der Waals surface area (Å²) in [7, 11) is 0. The van der Waals surface area contributed by atoms with Gasteiger partial charge in [-0.15, -0.1) is 0 Å². The van der Waals surface area contributed by atoms with Crippen LogP contribution < -0.4 is 0 Å². The van der Waals surface area contributed by atoms with Crippen molar-refractivity contribution in [2.24, 2.45) is 0 Å². The Morgan fingerprint density at radius 3 is 2.67 bits per heavy atom. The molecule has 2 aromatic carbocycles. The summed E-state index contributed by atoms with van der Waals surface area (Å²) in [4.78, 5) is 0. The second-order valence-corrected chi connectivity index (χ2v) is 3.94. The zero-order valence-corrected chi connectivity index (χ0v) is 8.98. The van der Waals surface area contributed by atoms with Gasteiger partial charge < -0.3 is 0 Å². The fourth-order valence-corrected chi connectivity index (χ4v) is 2.01. The van der Waals surface area contributed by atoms with Crippen molar-refractivity contribution in [1.82, 2.24) is 0 Å². The third kappa shape index (κ3) is 1.94. The zero-order valence-electron chi connectivity index (χ0n) is 8.98. The fraction of sp³-hybridized carbons (Fsp3) is 0.200. The highest BCUT2D eigenvalue weighted by Gasteiger charge is 2.06. The number of fused-ring (bicyclic) bond motifs is 1. The quantitative estimate of drug-likeness (QED) is 0.684. The number of benzene rings is 2. The molecule has 0 saturated carbocycles. The monoisotopic (exact) mass is 195 g/mol. The first-order valence-electron chi connectivity index (χ1n) is 5.34. The lowest BCUT2D eigenvalue weighted by Gasteiger charge is -2.12. The number of allylic oxidation sites excluding steroid dienone is 1. The molecule has 0 spiro atoms. The van der Waals surface area contributed by atoms with Crippen molar-refractivity contribution in [3.63, 3.8) is 0 Å². The van der Waals surface area contributed by atoms with Crippen molar-refractivity contribution in [1.29, 1.82) is 0 Å². The topological polar surface area (TPSA) is 0 Å². The summed E-state index contributed by atoms with van der Waals surface area (Å²) >= 11 is 0. The lowest BCUT2D eigenvalue weighted by atomic mass is 9.93. The molecule has 0 aliphatic carbocycles. The van der Waals surface area contributed by atoms with Gasteiger partial charge in [-0.3, -0.25) is 0 Å². The van der Waals surface area contributed by atoms with Crippen LogP contribution in [0.1, 0.15) is 24.8 Å². The lowest BCUT2D eigenvalue weighted by Crippen LogP contribution is -1.92. The molecule has 0 N–H and O–H groups in total. The fourth-order valence-electron chi connectivity index (χ4n) is 2.01. The summed E-state index contributed by atoms with van der Waals surface area (Å²) in [5.74, 6) is 0.487. The molecule has 0 nitrogen and oxygen atoms in total. The van der Waals surface area contributed by atoms with Crippen LogP contribution in [0.4, 0.5) is 0 Å². The van der Waals surface area contributed by atoms with Gasteiger partial charge >= 0.3 is 0 Å². The minimum absolute atomic E-state index is 0.487. The highest BCUT2D eigenvalue weighted by molar-refractivity contribution is 5.86. The molecule has 0 saturated heterocycles. The molecule has 75 valence electrons. The molecule has 2 rings (SSSR count). The van der Waals surface area contributed by atoms with Crippen molar-refractivity contribution in [2.45, 2.75) is 19.3 Å². The van der Waals surface area contributed by atoms with E-state index in [-0.39, 0.29) is 0 Å². The molecule has 1 radical (unpaired) electrons. The van der Waals surface area contributed by atoms with Gasteiger partial charge in [-0.05, 0) is 28.7 Å². The highest BCUT2D eigenvalue weighted by Crippen LogP contribution is 2.27. The maximum atomic E-state index is 5.49. The molecule has 1 unspecified atom stereocenters. The maximum Gasteiger partial charge on any atom is -0.0149 e. The average molecular weight is 195 g/mol. The number of rotatable bonds is 3. The van der Waals surface area contributed by atoms with Gasteiger partial charge in [0.1, 0.15) is 0 Å². The van der Waals surface area contributed by atoms with Crippen LogP contribution in [-0.4, -0.2) is 0 Å². The Hall–Kier alpha value is -1.56. The highest BCUT2D eigenvalue weighted by atomic mass is 14.1. The minimum Gasteiger partial charge on any atom is -0.0840 e. The Morgan fingerprint density at radius 1 is 1.13 bits per heavy atom. The molecular weight excluding hydrogens is 180 g/mol. The van der Waals surface area contributed by atoms with E-state index in [4.69, 9.17) is 6.58 Å². The van der Waals surface area contributed by atoms with Crippen molar-refractivity contribution in [2.75, 3.05) is 0 Å². The molecule has 0 heteroatoms. The zero-order chi connectivity index (χ0) is 10.7. The molecule has 0 fully saturated rings. The Labute approximate surface area is 91.2 Å². The van der Waals surface area contributed by atoms with Crippen LogP contribution in [0.15, 0.2) is 48.5 Å². The first-order chi connectivity index (χ1) is 7.33. The van der Waals surface area contributed by atoms with Crippen molar-refractivity contribution in [3.8, 4) is 0 Å².